The Hall–Kier alpha value is -3.88. The van der Waals surface area contributed by atoms with Crippen molar-refractivity contribution in [2.24, 2.45) is 0 Å². The molecule has 0 saturated heterocycles. The Morgan fingerprint density at radius 3 is 2.60 bits per heavy atom. The molecule has 150 valence electrons. The molecule has 0 saturated carbocycles. The first-order valence-corrected chi connectivity index (χ1v) is 9.55. The van der Waals surface area contributed by atoms with Crippen LogP contribution in [0.25, 0.3) is 22.6 Å². The quantitative estimate of drug-likeness (QED) is 0.546. The summed E-state index contributed by atoms with van der Waals surface area (Å²) in [7, 11) is 0. The predicted octanol–water partition coefficient (Wildman–Crippen LogP) is 3.08. The molecule has 30 heavy (non-hydrogen) atoms. The number of ether oxygens (including phenoxy) is 1. The van der Waals surface area contributed by atoms with E-state index >= 15 is 0 Å². The molecule has 1 atom stereocenters. The molecule has 0 fully saturated rings. The molecule has 0 radical (unpaired) electrons. The summed E-state index contributed by atoms with van der Waals surface area (Å²) in [6, 6.07) is 10.2. The van der Waals surface area contributed by atoms with Gasteiger partial charge in [-0.1, -0.05) is 0 Å². The smallest absolute Gasteiger partial charge is 0.316 e. The van der Waals surface area contributed by atoms with E-state index in [1.54, 1.807) is 42.9 Å². The van der Waals surface area contributed by atoms with Crippen molar-refractivity contribution >= 4 is 5.95 Å². The standard InChI is InChI=1S/C21H18FN7O/c22-14-4-2-13(3-5-14)18-19(16-8-11-24-20(23)27-16)29-15(6-7-17(29)28-18)12-30-21-25-9-1-10-26-21/h1-5,8-11,15H,6-7,12H2,(H2,23,24,27). The molecule has 0 bridgehead atoms. The summed E-state index contributed by atoms with van der Waals surface area (Å²) in [6.07, 6.45) is 6.55. The zero-order valence-corrected chi connectivity index (χ0v) is 15.9. The van der Waals surface area contributed by atoms with Crippen molar-refractivity contribution < 1.29 is 9.13 Å². The number of rotatable bonds is 5. The zero-order chi connectivity index (χ0) is 20.5. The first-order chi connectivity index (χ1) is 14.7. The summed E-state index contributed by atoms with van der Waals surface area (Å²) in [5, 5.41) is 0. The number of halogens is 1. The summed E-state index contributed by atoms with van der Waals surface area (Å²) in [4.78, 5) is 21.5. The first-order valence-electron chi connectivity index (χ1n) is 9.55. The molecule has 0 spiro atoms. The number of nitrogen functional groups attached to an aromatic ring is 1. The van der Waals surface area contributed by atoms with Gasteiger partial charge in [0.2, 0.25) is 5.95 Å². The van der Waals surface area contributed by atoms with Crippen LogP contribution in [0.4, 0.5) is 10.3 Å². The minimum absolute atomic E-state index is 0.0247. The van der Waals surface area contributed by atoms with E-state index in [9.17, 15) is 4.39 Å². The van der Waals surface area contributed by atoms with Crippen LogP contribution in [0.1, 0.15) is 18.3 Å². The van der Waals surface area contributed by atoms with Gasteiger partial charge in [0.15, 0.2) is 0 Å². The average Bonchev–Trinajstić information content (AvgIpc) is 3.33. The van der Waals surface area contributed by atoms with Crippen LogP contribution < -0.4 is 10.5 Å². The lowest BCUT2D eigenvalue weighted by Crippen LogP contribution is -2.16. The molecule has 8 nitrogen and oxygen atoms in total. The van der Waals surface area contributed by atoms with E-state index in [-0.39, 0.29) is 17.8 Å². The second kappa shape index (κ2) is 7.51. The van der Waals surface area contributed by atoms with Gasteiger partial charge in [0.25, 0.3) is 0 Å². The molecule has 9 heteroatoms. The predicted molar refractivity (Wildman–Crippen MR) is 108 cm³/mol. The highest BCUT2D eigenvalue weighted by Crippen LogP contribution is 2.39. The maximum absolute atomic E-state index is 13.5. The molecule has 4 heterocycles. The van der Waals surface area contributed by atoms with Crippen molar-refractivity contribution in [1.29, 1.82) is 0 Å². The Labute approximate surface area is 171 Å². The van der Waals surface area contributed by atoms with Crippen molar-refractivity contribution in [3.8, 4) is 28.7 Å². The number of benzene rings is 1. The van der Waals surface area contributed by atoms with Gasteiger partial charge >= 0.3 is 6.01 Å². The fourth-order valence-corrected chi connectivity index (χ4v) is 3.72. The lowest BCUT2D eigenvalue weighted by atomic mass is 10.1. The van der Waals surface area contributed by atoms with Crippen LogP contribution in [0.5, 0.6) is 6.01 Å². The molecule has 3 aromatic heterocycles. The molecule has 5 rings (SSSR count). The topological polar surface area (TPSA) is 105 Å². The molecule has 4 aromatic rings. The summed E-state index contributed by atoms with van der Waals surface area (Å²) in [6.45, 7) is 0.393. The second-order valence-electron chi connectivity index (χ2n) is 6.94. The minimum atomic E-state index is -0.299. The number of hydrogen-bond donors (Lipinski definition) is 1. The van der Waals surface area contributed by atoms with Gasteiger partial charge in [-0.15, -0.1) is 0 Å². The molecule has 1 aliphatic rings. The maximum Gasteiger partial charge on any atom is 0.316 e. The fraction of sp³-hybridized carbons (Fsp3) is 0.190. The fourth-order valence-electron chi connectivity index (χ4n) is 3.72. The monoisotopic (exact) mass is 403 g/mol. The molecule has 2 N–H and O–H groups in total. The van der Waals surface area contributed by atoms with Crippen molar-refractivity contribution in [1.82, 2.24) is 29.5 Å². The Bertz CT molecular complexity index is 1180. The molecule has 1 aromatic carbocycles. The van der Waals surface area contributed by atoms with Gasteiger partial charge < -0.3 is 15.0 Å². The van der Waals surface area contributed by atoms with Gasteiger partial charge in [-0.05, 0) is 42.8 Å². The zero-order valence-electron chi connectivity index (χ0n) is 15.9. The van der Waals surface area contributed by atoms with E-state index in [2.05, 4.69) is 24.5 Å². The van der Waals surface area contributed by atoms with Crippen molar-refractivity contribution in [3.63, 3.8) is 0 Å². The van der Waals surface area contributed by atoms with Crippen LogP contribution in [0.15, 0.2) is 55.0 Å². The van der Waals surface area contributed by atoms with Crippen LogP contribution in [0.2, 0.25) is 0 Å². The molecule has 1 unspecified atom stereocenters. The van der Waals surface area contributed by atoms with E-state index in [1.165, 1.54) is 12.1 Å². The summed E-state index contributed by atoms with van der Waals surface area (Å²) in [5.74, 6) is 0.799. The lowest BCUT2D eigenvalue weighted by molar-refractivity contribution is 0.237. The SMILES string of the molecule is Nc1nccc(-c2c(-c3ccc(F)cc3)nc3n2C(COc2ncccn2)CC3)n1. The summed E-state index contributed by atoms with van der Waals surface area (Å²) in [5.41, 5.74) is 8.84. The normalized spacial score (nSPS) is 15.2. The highest BCUT2D eigenvalue weighted by Gasteiger charge is 2.31. The Morgan fingerprint density at radius 2 is 1.83 bits per heavy atom. The van der Waals surface area contributed by atoms with Gasteiger partial charge in [-0.25, -0.2) is 29.3 Å². The number of nitrogens with two attached hydrogens (primary N) is 1. The summed E-state index contributed by atoms with van der Waals surface area (Å²) < 4.78 is 21.4. The van der Waals surface area contributed by atoms with Crippen molar-refractivity contribution in [3.05, 3.63) is 66.6 Å². The second-order valence-corrected chi connectivity index (χ2v) is 6.94. The highest BCUT2D eigenvalue weighted by atomic mass is 19.1. The van der Waals surface area contributed by atoms with Gasteiger partial charge in [0.05, 0.1) is 23.1 Å². The summed E-state index contributed by atoms with van der Waals surface area (Å²) >= 11 is 0. The van der Waals surface area contributed by atoms with Crippen molar-refractivity contribution in [2.75, 3.05) is 12.3 Å². The first kappa shape index (κ1) is 18.2. The lowest BCUT2D eigenvalue weighted by Gasteiger charge is -2.17. The Morgan fingerprint density at radius 1 is 1.03 bits per heavy atom. The van der Waals surface area contributed by atoms with E-state index in [1.807, 2.05) is 0 Å². The third-order valence-corrected chi connectivity index (χ3v) is 5.03. The van der Waals surface area contributed by atoms with Gasteiger partial charge in [-0.3, -0.25) is 0 Å². The number of hydrogen-bond acceptors (Lipinski definition) is 7. The van der Waals surface area contributed by atoms with Gasteiger partial charge in [-0.2, -0.15) is 0 Å². The van der Waals surface area contributed by atoms with Gasteiger partial charge in [0.1, 0.15) is 18.2 Å². The highest BCUT2D eigenvalue weighted by molar-refractivity contribution is 5.78. The third-order valence-electron chi connectivity index (χ3n) is 5.03. The number of aryl methyl sites for hydroxylation is 1. The number of aromatic nitrogens is 6. The molecule has 0 amide bonds. The van der Waals surface area contributed by atoms with E-state index in [4.69, 9.17) is 15.5 Å². The molecule has 1 aliphatic heterocycles. The van der Waals surface area contributed by atoms with Crippen LogP contribution in [-0.4, -0.2) is 36.1 Å². The number of anilines is 1. The van der Waals surface area contributed by atoms with Gasteiger partial charge in [0, 0.05) is 30.6 Å². The van der Waals surface area contributed by atoms with Crippen LogP contribution in [0.3, 0.4) is 0 Å². The molecule has 0 aliphatic carbocycles. The Kier molecular flexibility index (Phi) is 4.55. The largest absolute Gasteiger partial charge is 0.461 e. The third kappa shape index (κ3) is 3.34. The van der Waals surface area contributed by atoms with Crippen LogP contribution in [-0.2, 0) is 6.42 Å². The molecular weight excluding hydrogens is 385 g/mol. The van der Waals surface area contributed by atoms with E-state index in [0.717, 1.165) is 35.6 Å². The number of fused-ring (bicyclic) bond motifs is 1. The average molecular weight is 403 g/mol. The number of nitrogens with zero attached hydrogens (tertiary/aromatic N) is 6. The Balaban J connectivity index is 1.58. The van der Waals surface area contributed by atoms with E-state index in [0.29, 0.717) is 18.3 Å². The maximum atomic E-state index is 13.5. The van der Waals surface area contributed by atoms with E-state index < -0.39 is 0 Å². The van der Waals surface area contributed by atoms with Crippen LogP contribution >= 0.6 is 0 Å². The molecular formula is C21H18FN7O. The number of imidazole rings is 1. The van der Waals surface area contributed by atoms with Crippen LogP contribution in [0, 0.1) is 5.82 Å². The van der Waals surface area contributed by atoms with Crippen molar-refractivity contribution in [2.45, 2.75) is 18.9 Å². The minimum Gasteiger partial charge on any atom is -0.461 e.